The van der Waals surface area contributed by atoms with Gasteiger partial charge in [0.05, 0.1) is 30.8 Å². The summed E-state index contributed by atoms with van der Waals surface area (Å²) in [4.78, 5) is 6.54. The van der Waals surface area contributed by atoms with E-state index in [1.807, 2.05) is 24.3 Å². The number of rotatable bonds is 7. The number of hydrogen-bond acceptors (Lipinski definition) is 5. The maximum Gasteiger partial charge on any atom is 0.416 e. The first kappa shape index (κ1) is 26.9. The number of fused-ring (bicyclic) bond motifs is 1. The molecule has 2 aromatic carbocycles. The van der Waals surface area contributed by atoms with Crippen LogP contribution in [0.5, 0.6) is 5.75 Å². The van der Waals surface area contributed by atoms with Gasteiger partial charge in [0.2, 0.25) is 0 Å². The molecule has 3 aromatic rings. The topological polar surface area (TPSA) is 65.8 Å². The van der Waals surface area contributed by atoms with Crippen LogP contribution >= 0.6 is 0 Å². The van der Waals surface area contributed by atoms with Crippen molar-refractivity contribution in [2.75, 3.05) is 33.4 Å². The number of piperidine rings is 1. The Morgan fingerprint density at radius 2 is 1.92 bits per heavy atom. The number of halogens is 3. The summed E-state index contributed by atoms with van der Waals surface area (Å²) >= 11 is 0. The Hall–Kier alpha value is -3.12. The lowest BCUT2D eigenvalue weighted by atomic mass is 9.81. The molecule has 1 fully saturated rings. The van der Waals surface area contributed by atoms with Gasteiger partial charge in [-0.1, -0.05) is 11.8 Å². The van der Waals surface area contributed by atoms with Crippen LogP contribution in [0.3, 0.4) is 0 Å². The van der Waals surface area contributed by atoms with E-state index >= 15 is 0 Å². The van der Waals surface area contributed by atoms with Gasteiger partial charge in [0.1, 0.15) is 5.75 Å². The largest absolute Gasteiger partial charge is 0.497 e. The monoisotopic (exact) mass is 512 g/mol. The first-order valence-electron chi connectivity index (χ1n) is 12.4. The van der Waals surface area contributed by atoms with Crippen molar-refractivity contribution in [2.45, 2.75) is 31.5 Å². The molecule has 37 heavy (non-hydrogen) atoms. The van der Waals surface area contributed by atoms with Crippen LogP contribution in [0.25, 0.3) is 10.9 Å². The number of hydrogen-bond donors (Lipinski definition) is 2. The lowest BCUT2D eigenvalue weighted by molar-refractivity contribution is -0.137. The number of aliphatic hydroxyl groups excluding tert-OH is 2. The summed E-state index contributed by atoms with van der Waals surface area (Å²) in [6.45, 7) is 2.04. The minimum absolute atomic E-state index is 0.0545. The molecule has 0 saturated carbocycles. The van der Waals surface area contributed by atoms with Crippen LogP contribution in [0.15, 0.2) is 54.7 Å². The maximum absolute atomic E-state index is 12.7. The van der Waals surface area contributed by atoms with Gasteiger partial charge in [-0.25, -0.2) is 0 Å². The van der Waals surface area contributed by atoms with Crippen molar-refractivity contribution >= 4 is 10.9 Å². The van der Waals surface area contributed by atoms with Crippen molar-refractivity contribution in [3.8, 4) is 17.6 Å². The number of benzene rings is 2. The summed E-state index contributed by atoms with van der Waals surface area (Å²) in [7, 11) is 1.61. The lowest BCUT2D eigenvalue weighted by Crippen LogP contribution is -2.42. The predicted molar refractivity (Wildman–Crippen MR) is 136 cm³/mol. The molecule has 2 N–H and O–H groups in total. The van der Waals surface area contributed by atoms with Crippen LogP contribution in [0.4, 0.5) is 13.2 Å². The molecule has 1 saturated heterocycles. The van der Waals surface area contributed by atoms with Crippen molar-refractivity contribution in [1.29, 1.82) is 0 Å². The fourth-order valence-corrected chi connectivity index (χ4v) is 4.97. The average Bonchev–Trinajstić information content (AvgIpc) is 2.91. The molecule has 196 valence electrons. The van der Waals surface area contributed by atoms with Gasteiger partial charge in [0.25, 0.3) is 0 Å². The van der Waals surface area contributed by atoms with E-state index in [-0.39, 0.29) is 18.4 Å². The SMILES string of the molecule is COc1ccc2nccc([C@H](O)CC[C@@H]3CCN(CC#Cc4ccc(C(F)(F)F)cc4)C[C@@H]3CO)c2c1. The van der Waals surface area contributed by atoms with Gasteiger partial charge in [0, 0.05) is 30.3 Å². The van der Waals surface area contributed by atoms with Crippen molar-refractivity contribution < 1.29 is 28.1 Å². The Labute approximate surface area is 214 Å². The number of ether oxygens (including phenoxy) is 1. The zero-order valence-corrected chi connectivity index (χ0v) is 20.7. The average molecular weight is 513 g/mol. The Kier molecular flexibility index (Phi) is 8.70. The first-order valence-corrected chi connectivity index (χ1v) is 12.4. The Morgan fingerprint density at radius 3 is 2.62 bits per heavy atom. The molecule has 5 nitrogen and oxygen atoms in total. The molecule has 0 radical (unpaired) electrons. The van der Waals surface area contributed by atoms with E-state index in [9.17, 15) is 23.4 Å². The van der Waals surface area contributed by atoms with Gasteiger partial charge in [-0.3, -0.25) is 9.88 Å². The second-order valence-electron chi connectivity index (χ2n) is 9.48. The highest BCUT2D eigenvalue weighted by molar-refractivity contribution is 5.83. The molecule has 0 aliphatic carbocycles. The normalized spacial score (nSPS) is 19.3. The van der Waals surface area contributed by atoms with E-state index in [0.29, 0.717) is 30.8 Å². The highest BCUT2D eigenvalue weighted by Gasteiger charge is 2.30. The maximum atomic E-state index is 12.7. The van der Waals surface area contributed by atoms with Gasteiger partial charge in [-0.05, 0) is 91.7 Å². The van der Waals surface area contributed by atoms with Gasteiger partial charge < -0.3 is 14.9 Å². The summed E-state index contributed by atoms with van der Waals surface area (Å²) in [6, 6.07) is 12.3. The summed E-state index contributed by atoms with van der Waals surface area (Å²) < 4.78 is 43.5. The predicted octanol–water partition coefficient (Wildman–Crippen LogP) is 5.06. The Bertz CT molecular complexity index is 1250. The van der Waals surface area contributed by atoms with Crippen LogP contribution in [-0.2, 0) is 6.18 Å². The minimum atomic E-state index is -4.36. The standard InChI is InChI=1S/C29H31F3N2O3/c1-37-24-9-10-27-26(17-24)25(12-14-33-27)28(36)11-6-21-13-16-34(18-22(21)19-35)15-2-3-20-4-7-23(8-5-20)29(30,31)32/h4-5,7-10,12,14,17,21-22,28,35-36H,6,11,13,15-16,18-19H2,1H3/t21-,22-,28-/m1/s1. The van der Waals surface area contributed by atoms with Gasteiger partial charge in [-0.15, -0.1) is 0 Å². The Balaban J connectivity index is 1.32. The molecule has 8 heteroatoms. The number of aliphatic hydroxyl groups is 2. The molecule has 4 rings (SSSR count). The molecular weight excluding hydrogens is 481 g/mol. The number of pyridine rings is 1. The molecule has 0 unspecified atom stereocenters. The van der Waals surface area contributed by atoms with Gasteiger partial charge in [-0.2, -0.15) is 13.2 Å². The van der Waals surface area contributed by atoms with E-state index in [0.717, 1.165) is 48.0 Å². The third kappa shape index (κ3) is 6.80. The van der Waals surface area contributed by atoms with Crippen LogP contribution in [0, 0.1) is 23.7 Å². The van der Waals surface area contributed by atoms with Crippen LogP contribution in [-0.4, -0.2) is 53.4 Å². The second-order valence-corrected chi connectivity index (χ2v) is 9.48. The molecule has 0 bridgehead atoms. The quantitative estimate of drug-likeness (QED) is 0.434. The first-order chi connectivity index (χ1) is 17.8. The second kappa shape index (κ2) is 12.0. The lowest BCUT2D eigenvalue weighted by Gasteiger charge is -2.37. The van der Waals surface area contributed by atoms with Crippen molar-refractivity contribution in [2.24, 2.45) is 11.8 Å². The van der Waals surface area contributed by atoms with Gasteiger partial charge in [0.15, 0.2) is 0 Å². The smallest absolute Gasteiger partial charge is 0.416 e. The Morgan fingerprint density at radius 1 is 1.14 bits per heavy atom. The van der Waals surface area contributed by atoms with E-state index in [1.54, 1.807) is 13.3 Å². The summed E-state index contributed by atoms with van der Waals surface area (Å²) in [5.74, 6) is 7.03. The molecule has 2 heterocycles. The minimum Gasteiger partial charge on any atom is -0.497 e. The molecular formula is C29H31F3N2O3. The molecule has 0 spiro atoms. The third-order valence-corrected chi connectivity index (χ3v) is 7.11. The summed E-state index contributed by atoms with van der Waals surface area (Å²) in [6.07, 6.45) is -1.06. The van der Waals surface area contributed by atoms with Crippen molar-refractivity contribution in [3.63, 3.8) is 0 Å². The van der Waals surface area contributed by atoms with E-state index in [1.165, 1.54) is 12.1 Å². The molecule has 1 aliphatic heterocycles. The number of methoxy groups -OCH3 is 1. The van der Waals surface area contributed by atoms with Crippen LogP contribution in [0.2, 0.25) is 0 Å². The third-order valence-electron chi connectivity index (χ3n) is 7.11. The van der Waals surface area contributed by atoms with E-state index in [2.05, 4.69) is 21.7 Å². The van der Waals surface area contributed by atoms with Crippen LogP contribution in [0.1, 0.15) is 42.1 Å². The zero-order chi connectivity index (χ0) is 26.4. The summed E-state index contributed by atoms with van der Waals surface area (Å²) in [5.41, 5.74) is 1.47. The highest BCUT2D eigenvalue weighted by atomic mass is 19.4. The molecule has 0 amide bonds. The van der Waals surface area contributed by atoms with Crippen molar-refractivity contribution in [1.82, 2.24) is 9.88 Å². The molecule has 1 aliphatic rings. The number of alkyl halides is 3. The number of likely N-dealkylation sites (tertiary alicyclic amines) is 1. The van der Waals surface area contributed by atoms with E-state index in [4.69, 9.17) is 4.74 Å². The van der Waals surface area contributed by atoms with E-state index < -0.39 is 17.8 Å². The number of nitrogens with zero attached hydrogens (tertiary/aromatic N) is 2. The van der Waals surface area contributed by atoms with Gasteiger partial charge >= 0.3 is 6.18 Å². The zero-order valence-electron chi connectivity index (χ0n) is 20.7. The fraction of sp³-hybridized carbons (Fsp3) is 0.414. The molecule has 1 aromatic heterocycles. The number of aromatic nitrogens is 1. The van der Waals surface area contributed by atoms with Crippen molar-refractivity contribution in [3.05, 3.63) is 71.4 Å². The highest BCUT2D eigenvalue weighted by Crippen LogP contribution is 2.33. The summed E-state index contributed by atoms with van der Waals surface area (Å²) in [5, 5.41) is 21.9. The fourth-order valence-electron chi connectivity index (χ4n) is 4.97. The van der Waals surface area contributed by atoms with Crippen LogP contribution < -0.4 is 4.74 Å². The molecule has 3 atom stereocenters.